The number of benzene rings is 4. The predicted octanol–water partition coefficient (Wildman–Crippen LogP) is 14.1. The molecule has 6 aromatic carbocycles. The first-order valence-corrected chi connectivity index (χ1v) is 19.3. The summed E-state index contributed by atoms with van der Waals surface area (Å²) in [5, 5.41) is 5.45. The Labute approximate surface area is 313 Å². The Balaban J connectivity index is 0.000000236. The van der Waals surface area contributed by atoms with Crippen LogP contribution in [0.1, 0.15) is 103 Å². The number of hydrogen-bond donors (Lipinski definition) is 0. The van der Waals surface area contributed by atoms with E-state index >= 15 is 0 Å². The fourth-order valence-corrected chi connectivity index (χ4v) is 6.30. The molecule has 6 rings (SSSR count). The largest absolute Gasteiger partial charge is 0.164 e. The van der Waals surface area contributed by atoms with Gasteiger partial charge in [-0.05, 0) is 44.9 Å². The minimum absolute atomic E-state index is 0. The molecule has 0 saturated carbocycles. The summed E-state index contributed by atoms with van der Waals surface area (Å²) in [6, 6.07) is 40.4. The molecule has 6 aromatic rings. The maximum atomic E-state index is 2.38. The first-order valence-electron chi connectivity index (χ1n) is 17.3. The molecule has 0 aliphatic carbocycles. The van der Waals surface area contributed by atoms with Gasteiger partial charge in [-0.15, -0.1) is 69.1 Å². The molecule has 0 N–H and O–H groups in total. The zero-order valence-corrected chi connectivity index (χ0v) is 36.1. The molecule has 0 amide bonds. The average Bonchev–Trinajstić information content (AvgIpc) is 3.67. The maximum Gasteiger partial charge on any atom is 0.0307 e. The van der Waals surface area contributed by atoms with Gasteiger partial charge in [-0.3, -0.25) is 0 Å². The topological polar surface area (TPSA) is 0 Å². The van der Waals surface area contributed by atoms with Gasteiger partial charge in [0, 0.05) is 35.4 Å². The summed E-state index contributed by atoms with van der Waals surface area (Å²) in [5.41, 5.74) is 11.5. The van der Waals surface area contributed by atoms with Gasteiger partial charge >= 0.3 is 0 Å². The number of hydrogen-bond acceptors (Lipinski definition) is 0. The Hall–Kier alpha value is -2.81. The van der Waals surface area contributed by atoms with Crippen molar-refractivity contribution in [3.8, 4) is 22.3 Å². The van der Waals surface area contributed by atoms with E-state index in [1.807, 2.05) is 0 Å². The van der Waals surface area contributed by atoms with Crippen molar-refractivity contribution in [3.63, 3.8) is 0 Å². The minimum Gasteiger partial charge on any atom is -0.164 e. The van der Waals surface area contributed by atoms with E-state index in [1.54, 1.807) is 0 Å². The standard InChI is InChI=1S/2C22H25.C2H6Si.Hf/c2*1-15(2)18-10-6-7-11-19(18)20-12-8-9-16-13-17(14-21(16)20)22(3,4)5;1-3-2;/h2*6-15H,1-5H3;1-2H3;/q2*-1;;. The predicted molar refractivity (Wildman–Crippen MR) is 213 cm³/mol. The number of rotatable bonds is 4. The van der Waals surface area contributed by atoms with E-state index in [1.165, 1.54) is 66.1 Å². The third-order valence-electron chi connectivity index (χ3n) is 8.98. The SMILES string of the molecule is CC(C)c1ccccc1-c1cccc2[cH-]c(C(C)(C)C)cc12.CC(C)c1ccccc1-c1cccc2[cH-]c(C(C)(C)C)cc12.C[Si]C.[Hf]. The second kappa shape index (κ2) is 16.7. The molecule has 0 unspecified atom stereocenters. The second-order valence-electron chi connectivity index (χ2n) is 15.6. The van der Waals surface area contributed by atoms with Crippen molar-refractivity contribution in [1.82, 2.24) is 0 Å². The van der Waals surface area contributed by atoms with Crippen LogP contribution in [0, 0.1) is 0 Å². The Bertz CT molecular complexity index is 1760. The van der Waals surface area contributed by atoms with Gasteiger partial charge in [-0.25, -0.2) is 0 Å². The van der Waals surface area contributed by atoms with Crippen LogP contribution in [0.2, 0.25) is 13.1 Å². The summed E-state index contributed by atoms with van der Waals surface area (Å²) in [6.45, 7) is 27.1. The normalized spacial score (nSPS) is 11.6. The Morgan fingerprint density at radius 2 is 0.792 bits per heavy atom. The fraction of sp³-hybridized carbons (Fsp3) is 0.348. The smallest absolute Gasteiger partial charge is 0.0307 e. The third kappa shape index (κ3) is 9.24. The average molecular weight is 816 g/mol. The van der Waals surface area contributed by atoms with Crippen LogP contribution >= 0.6 is 0 Å². The van der Waals surface area contributed by atoms with Crippen LogP contribution in [-0.4, -0.2) is 9.52 Å². The van der Waals surface area contributed by atoms with E-state index in [2.05, 4.69) is 192 Å². The van der Waals surface area contributed by atoms with Crippen molar-refractivity contribution in [1.29, 1.82) is 0 Å². The molecule has 0 saturated heterocycles. The molecule has 0 spiro atoms. The second-order valence-corrected chi connectivity index (χ2v) is 16.6. The minimum atomic E-state index is 0. The summed E-state index contributed by atoms with van der Waals surface area (Å²) in [4.78, 5) is 0. The van der Waals surface area contributed by atoms with Gasteiger partial charge in [0.1, 0.15) is 0 Å². The van der Waals surface area contributed by atoms with Gasteiger partial charge in [0.05, 0.1) is 0 Å². The van der Waals surface area contributed by atoms with Gasteiger partial charge in [0.2, 0.25) is 0 Å². The zero-order valence-electron chi connectivity index (χ0n) is 31.5. The van der Waals surface area contributed by atoms with Crippen LogP contribution in [0.15, 0.2) is 109 Å². The van der Waals surface area contributed by atoms with Gasteiger partial charge in [0.25, 0.3) is 0 Å². The summed E-state index contributed by atoms with van der Waals surface area (Å²) in [5.74, 6) is 1.06. The van der Waals surface area contributed by atoms with Crippen molar-refractivity contribution in [2.75, 3.05) is 0 Å². The zero-order chi connectivity index (χ0) is 34.5. The molecule has 0 aromatic heterocycles. The van der Waals surface area contributed by atoms with Crippen LogP contribution in [0.3, 0.4) is 0 Å². The maximum absolute atomic E-state index is 2.38. The molecule has 250 valence electrons. The van der Waals surface area contributed by atoms with Crippen LogP contribution in [0.4, 0.5) is 0 Å². The van der Waals surface area contributed by atoms with Crippen molar-refractivity contribution in [2.24, 2.45) is 0 Å². The van der Waals surface area contributed by atoms with E-state index in [0.29, 0.717) is 11.8 Å². The molecule has 0 heterocycles. The molecule has 0 atom stereocenters. The fourth-order valence-electron chi connectivity index (χ4n) is 6.30. The molecule has 0 fully saturated rings. The van der Waals surface area contributed by atoms with Gasteiger partial charge < -0.3 is 0 Å². The van der Waals surface area contributed by atoms with Crippen LogP contribution in [-0.2, 0) is 36.7 Å². The van der Waals surface area contributed by atoms with E-state index in [0.717, 1.165) is 9.52 Å². The molecule has 0 nitrogen and oxygen atoms in total. The third-order valence-corrected chi connectivity index (χ3v) is 8.98. The van der Waals surface area contributed by atoms with Crippen molar-refractivity contribution in [3.05, 3.63) is 131 Å². The molecule has 0 bridgehead atoms. The molecule has 0 aliphatic heterocycles. The molecular formula is C46H56HfSi-2. The summed E-state index contributed by atoms with van der Waals surface area (Å²) in [6.07, 6.45) is 0. The van der Waals surface area contributed by atoms with Gasteiger partial charge in [0.15, 0.2) is 0 Å². The Kier molecular flexibility index (Phi) is 13.8. The molecule has 2 radical (unpaired) electrons. The summed E-state index contributed by atoms with van der Waals surface area (Å²) < 4.78 is 0. The molecule has 2 heteroatoms. The number of fused-ring (bicyclic) bond motifs is 2. The summed E-state index contributed by atoms with van der Waals surface area (Å²) in [7, 11) is 1.08. The molecule has 0 aliphatic rings. The quantitative estimate of drug-likeness (QED) is 0.123. The van der Waals surface area contributed by atoms with Crippen molar-refractivity contribution < 1.29 is 25.8 Å². The van der Waals surface area contributed by atoms with Gasteiger partial charge in [-0.2, -0.15) is 12.1 Å². The van der Waals surface area contributed by atoms with E-state index in [9.17, 15) is 0 Å². The van der Waals surface area contributed by atoms with Gasteiger partial charge in [-0.1, -0.05) is 154 Å². The van der Waals surface area contributed by atoms with E-state index < -0.39 is 0 Å². The van der Waals surface area contributed by atoms with Crippen molar-refractivity contribution in [2.45, 2.75) is 105 Å². The first-order chi connectivity index (χ1) is 22.2. The molecule has 48 heavy (non-hydrogen) atoms. The van der Waals surface area contributed by atoms with Crippen LogP contribution in [0.25, 0.3) is 43.8 Å². The van der Waals surface area contributed by atoms with E-state index in [-0.39, 0.29) is 36.7 Å². The monoisotopic (exact) mass is 816 g/mol. The first kappa shape index (κ1) is 39.6. The van der Waals surface area contributed by atoms with E-state index in [4.69, 9.17) is 0 Å². The van der Waals surface area contributed by atoms with Crippen LogP contribution < -0.4 is 0 Å². The summed E-state index contributed by atoms with van der Waals surface area (Å²) >= 11 is 0. The molecular weight excluding hydrogens is 759 g/mol. The Morgan fingerprint density at radius 3 is 1.10 bits per heavy atom. The van der Waals surface area contributed by atoms with Crippen molar-refractivity contribution >= 4 is 31.1 Å². The van der Waals surface area contributed by atoms with Crippen LogP contribution in [0.5, 0.6) is 0 Å². The Morgan fingerprint density at radius 1 is 0.479 bits per heavy atom.